The quantitative estimate of drug-likeness (QED) is 0.690. The number of rotatable bonds is 7. The molecule has 3 aromatic rings. The Kier molecular flexibility index (Phi) is 6.15. The zero-order valence-corrected chi connectivity index (χ0v) is 15.7. The van der Waals surface area contributed by atoms with Gasteiger partial charge in [-0.05, 0) is 37.1 Å². The van der Waals surface area contributed by atoms with Gasteiger partial charge in [0.05, 0.1) is 0 Å². The minimum absolute atomic E-state index is 0.112. The highest BCUT2D eigenvalue weighted by Crippen LogP contribution is 2.11. The Balaban J connectivity index is 1.62. The van der Waals surface area contributed by atoms with E-state index in [1.54, 1.807) is 17.0 Å². The molecule has 27 heavy (non-hydrogen) atoms. The lowest BCUT2D eigenvalue weighted by molar-refractivity contribution is 0.0745. The lowest BCUT2D eigenvalue weighted by atomic mass is 10.1. The first-order chi connectivity index (χ1) is 13.2. The van der Waals surface area contributed by atoms with Crippen LogP contribution in [0.5, 0.6) is 0 Å². The number of aromatic nitrogens is 2. The van der Waals surface area contributed by atoms with Gasteiger partial charge in [-0.15, -0.1) is 10.2 Å². The smallest absolute Gasteiger partial charge is 0.274 e. The first-order valence-electron chi connectivity index (χ1n) is 9.12. The van der Waals surface area contributed by atoms with E-state index in [2.05, 4.69) is 40.6 Å². The monoisotopic (exact) mass is 360 g/mol. The van der Waals surface area contributed by atoms with Gasteiger partial charge in [-0.2, -0.15) is 0 Å². The van der Waals surface area contributed by atoms with Crippen LogP contribution < -0.4 is 5.32 Å². The first kappa shape index (κ1) is 18.6. The van der Waals surface area contributed by atoms with Gasteiger partial charge in [-0.25, -0.2) is 0 Å². The second-order valence-electron chi connectivity index (χ2n) is 6.45. The summed E-state index contributed by atoms with van der Waals surface area (Å²) in [5, 5.41) is 11.5. The maximum atomic E-state index is 12.7. The van der Waals surface area contributed by atoms with Crippen molar-refractivity contribution in [1.29, 1.82) is 0 Å². The molecule has 0 saturated carbocycles. The van der Waals surface area contributed by atoms with E-state index >= 15 is 0 Å². The van der Waals surface area contributed by atoms with E-state index < -0.39 is 0 Å². The van der Waals surface area contributed by atoms with Gasteiger partial charge in [0.25, 0.3) is 5.91 Å². The highest BCUT2D eigenvalue weighted by atomic mass is 16.2. The molecule has 5 nitrogen and oxygen atoms in total. The highest BCUT2D eigenvalue weighted by Gasteiger charge is 2.16. The Labute approximate surface area is 160 Å². The van der Waals surface area contributed by atoms with Gasteiger partial charge in [-0.3, -0.25) is 4.79 Å². The molecule has 0 spiro atoms. The number of carbonyl (C=O) groups is 1. The van der Waals surface area contributed by atoms with Crippen LogP contribution in [-0.2, 0) is 13.1 Å². The first-order valence-corrected chi connectivity index (χ1v) is 9.12. The normalized spacial score (nSPS) is 10.4. The lowest BCUT2D eigenvalue weighted by Crippen LogP contribution is -2.31. The Morgan fingerprint density at radius 3 is 2.41 bits per heavy atom. The van der Waals surface area contributed by atoms with Crippen molar-refractivity contribution in [3.05, 3.63) is 89.1 Å². The minimum atomic E-state index is -0.112. The van der Waals surface area contributed by atoms with Crippen molar-refractivity contribution in [3.63, 3.8) is 0 Å². The summed E-state index contributed by atoms with van der Waals surface area (Å²) in [5.74, 6) is 0.540. The number of carbonyl (C=O) groups excluding carboxylic acids is 1. The summed E-state index contributed by atoms with van der Waals surface area (Å²) in [4.78, 5) is 14.5. The molecule has 5 heteroatoms. The zero-order valence-electron chi connectivity index (χ0n) is 15.7. The Hall–Kier alpha value is -3.21. The number of anilines is 1. The molecule has 1 N–H and O–H groups in total. The van der Waals surface area contributed by atoms with Crippen molar-refractivity contribution >= 4 is 11.7 Å². The fourth-order valence-corrected chi connectivity index (χ4v) is 2.85. The molecular formula is C22H24N4O. The molecule has 138 valence electrons. The molecule has 0 fully saturated rings. The molecule has 0 radical (unpaired) electrons. The summed E-state index contributed by atoms with van der Waals surface area (Å²) in [5.41, 5.74) is 3.85. The molecule has 0 unspecified atom stereocenters. The van der Waals surface area contributed by atoms with E-state index in [-0.39, 0.29) is 5.91 Å². The third-order valence-electron chi connectivity index (χ3n) is 4.32. The molecule has 1 aromatic heterocycles. The van der Waals surface area contributed by atoms with Crippen LogP contribution in [-0.4, -0.2) is 27.5 Å². The number of nitrogens with one attached hydrogen (secondary N) is 1. The summed E-state index contributed by atoms with van der Waals surface area (Å²) in [7, 11) is 0. The van der Waals surface area contributed by atoms with Crippen LogP contribution in [0, 0.1) is 6.92 Å². The van der Waals surface area contributed by atoms with Gasteiger partial charge in [0.2, 0.25) is 0 Å². The topological polar surface area (TPSA) is 58.1 Å². The lowest BCUT2D eigenvalue weighted by Gasteiger charge is -2.20. The van der Waals surface area contributed by atoms with E-state index in [1.165, 1.54) is 11.1 Å². The predicted molar refractivity (Wildman–Crippen MR) is 107 cm³/mol. The van der Waals surface area contributed by atoms with Crippen molar-refractivity contribution in [2.75, 3.05) is 11.9 Å². The molecule has 1 amide bonds. The van der Waals surface area contributed by atoms with E-state index in [0.29, 0.717) is 31.1 Å². The van der Waals surface area contributed by atoms with E-state index in [0.717, 1.165) is 5.56 Å². The summed E-state index contributed by atoms with van der Waals surface area (Å²) < 4.78 is 0. The fraction of sp³-hybridized carbons (Fsp3) is 0.227. The fourth-order valence-electron chi connectivity index (χ4n) is 2.85. The Morgan fingerprint density at radius 1 is 0.963 bits per heavy atom. The largest absolute Gasteiger partial charge is 0.365 e. The molecule has 0 atom stereocenters. The molecule has 0 saturated heterocycles. The van der Waals surface area contributed by atoms with Crippen molar-refractivity contribution in [2.45, 2.75) is 26.9 Å². The second-order valence-corrected chi connectivity index (χ2v) is 6.45. The van der Waals surface area contributed by atoms with E-state index in [1.807, 2.05) is 43.3 Å². The number of aryl methyl sites for hydroxylation is 1. The molecule has 3 rings (SSSR count). The molecule has 0 aliphatic carbocycles. The minimum Gasteiger partial charge on any atom is -0.365 e. The number of amides is 1. The van der Waals surface area contributed by atoms with Crippen LogP contribution in [0.4, 0.5) is 5.82 Å². The number of benzene rings is 2. The van der Waals surface area contributed by atoms with Crippen molar-refractivity contribution < 1.29 is 4.79 Å². The zero-order chi connectivity index (χ0) is 19.1. The number of hydrogen-bond acceptors (Lipinski definition) is 4. The molecule has 2 aromatic carbocycles. The second kappa shape index (κ2) is 8.94. The maximum Gasteiger partial charge on any atom is 0.274 e. The van der Waals surface area contributed by atoms with E-state index in [9.17, 15) is 4.79 Å². The van der Waals surface area contributed by atoms with Crippen LogP contribution in [0.15, 0.2) is 66.7 Å². The third kappa shape index (κ3) is 5.14. The van der Waals surface area contributed by atoms with E-state index in [4.69, 9.17) is 0 Å². The van der Waals surface area contributed by atoms with Crippen LogP contribution in [0.25, 0.3) is 0 Å². The van der Waals surface area contributed by atoms with Gasteiger partial charge in [0, 0.05) is 19.6 Å². The molecule has 0 aliphatic rings. The molecule has 0 bridgehead atoms. The summed E-state index contributed by atoms with van der Waals surface area (Å²) in [6, 6.07) is 21.8. The van der Waals surface area contributed by atoms with Gasteiger partial charge in [-0.1, -0.05) is 60.2 Å². The maximum absolute atomic E-state index is 12.7. The van der Waals surface area contributed by atoms with Crippen LogP contribution in [0.2, 0.25) is 0 Å². The predicted octanol–water partition coefficient (Wildman–Crippen LogP) is 4.06. The number of nitrogens with zero attached hydrogens (tertiary/aromatic N) is 3. The van der Waals surface area contributed by atoms with Crippen LogP contribution >= 0.6 is 0 Å². The number of hydrogen-bond donors (Lipinski definition) is 1. The SMILES string of the molecule is CCN(Cc1ccccc1)C(=O)c1ccc(NCc2cccc(C)c2)nn1. The average Bonchev–Trinajstić information content (AvgIpc) is 2.71. The van der Waals surface area contributed by atoms with Crippen molar-refractivity contribution in [3.8, 4) is 0 Å². The summed E-state index contributed by atoms with van der Waals surface area (Å²) in [6.07, 6.45) is 0. The summed E-state index contributed by atoms with van der Waals surface area (Å²) >= 11 is 0. The van der Waals surface area contributed by atoms with Crippen LogP contribution in [0.1, 0.15) is 34.1 Å². The van der Waals surface area contributed by atoms with Crippen molar-refractivity contribution in [2.24, 2.45) is 0 Å². The Bertz CT molecular complexity index is 878. The van der Waals surface area contributed by atoms with Gasteiger partial charge in [0.1, 0.15) is 5.82 Å². The Morgan fingerprint density at radius 2 is 1.74 bits per heavy atom. The standard InChI is InChI=1S/C22H24N4O/c1-3-26(16-18-9-5-4-6-10-18)22(27)20-12-13-21(25-24-20)23-15-19-11-7-8-17(2)14-19/h4-14H,3,15-16H2,1-2H3,(H,23,25). The summed E-state index contributed by atoms with van der Waals surface area (Å²) in [6.45, 7) is 5.87. The van der Waals surface area contributed by atoms with Crippen molar-refractivity contribution in [1.82, 2.24) is 15.1 Å². The van der Waals surface area contributed by atoms with Crippen LogP contribution in [0.3, 0.4) is 0 Å². The third-order valence-corrected chi connectivity index (χ3v) is 4.32. The highest BCUT2D eigenvalue weighted by molar-refractivity contribution is 5.92. The van der Waals surface area contributed by atoms with Gasteiger partial charge < -0.3 is 10.2 Å². The average molecular weight is 360 g/mol. The molecule has 1 heterocycles. The molecule has 0 aliphatic heterocycles. The van der Waals surface area contributed by atoms with Gasteiger partial charge in [0.15, 0.2) is 5.69 Å². The van der Waals surface area contributed by atoms with Gasteiger partial charge >= 0.3 is 0 Å². The molecular weight excluding hydrogens is 336 g/mol.